The van der Waals surface area contributed by atoms with Crippen LogP contribution in [0.1, 0.15) is 29.7 Å². The van der Waals surface area contributed by atoms with Crippen LogP contribution in [0.15, 0.2) is 34.1 Å². The highest BCUT2D eigenvalue weighted by molar-refractivity contribution is 9.11. The SMILES string of the molecule is CC(C(=O)N1CCCc2c(N)cccc21)c1ccc(Br)s1.Cl. The van der Waals surface area contributed by atoms with E-state index in [1.54, 1.807) is 11.3 Å². The Balaban J connectivity index is 0.00000176. The van der Waals surface area contributed by atoms with Crippen LogP contribution in [0.5, 0.6) is 0 Å². The van der Waals surface area contributed by atoms with Crippen LogP contribution in [0, 0.1) is 0 Å². The van der Waals surface area contributed by atoms with Crippen LogP contribution in [-0.2, 0) is 11.2 Å². The van der Waals surface area contributed by atoms with E-state index in [2.05, 4.69) is 15.9 Å². The predicted octanol–water partition coefficient (Wildman–Crippen LogP) is 4.60. The zero-order valence-corrected chi connectivity index (χ0v) is 15.4. The molecule has 1 aliphatic rings. The van der Waals surface area contributed by atoms with Gasteiger partial charge < -0.3 is 10.6 Å². The lowest BCUT2D eigenvalue weighted by Gasteiger charge is -2.32. The van der Waals surface area contributed by atoms with Gasteiger partial charge in [0.05, 0.1) is 9.70 Å². The molecule has 1 unspecified atom stereocenters. The second-order valence-corrected chi connectivity index (χ2v) is 7.80. The molecule has 3 nitrogen and oxygen atoms in total. The summed E-state index contributed by atoms with van der Waals surface area (Å²) in [5.74, 6) is 0.0181. The first-order chi connectivity index (χ1) is 10.1. The highest BCUT2D eigenvalue weighted by atomic mass is 79.9. The largest absolute Gasteiger partial charge is 0.398 e. The maximum Gasteiger partial charge on any atom is 0.235 e. The first kappa shape index (κ1) is 17.3. The molecule has 2 heterocycles. The van der Waals surface area contributed by atoms with Gasteiger partial charge in [0, 0.05) is 22.8 Å². The lowest BCUT2D eigenvalue weighted by atomic mass is 9.98. The van der Waals surface area contributed by atoms with E-state index in [4.69, 9.17) is 5.73 Å². The fourth-order valence-corrected chi connectivity index (χ4v) is 4.26. The van der Waals surface area contributed by atoms with Crippen LogP contribution < -0.4 is 10.6 Å². The molecule has 6 heteroatoms. The number of nitrogen functional groups attached to an aromatic ring is 1. The number of thiophene rings is 1. The van der Waals surface area contributed by atoms with Crippen LogP contribution in [0.25, 0.3) is 0 Å². The van der Waals surface area contributed by atoms with Gasteiger partial charge in [-0.05, 0) is 65.5 Å². The molecular weight excluding hydrogens is 384 g/mol. The Morgan fingerprint density at radius 2 is 2.14 bits per heavy atom. The molecule has 0 saturated carbocycles. The Morgan fingerprint density at radius 1 is 1.36 bits per heavy atom. The third-order valence-corrected chi connectivity index (χ3v) is 5.75. The smallest absolute Gasteiger partial charge is 0.235 e. The minimum atomic E-state index is -0.131. The number of nitrogens with two attached hydrogens (primary N) is 1. The van der Waals surface area contributed by atoms with Crippen molar-refractivity contribution in [3.63, 3.8) is 0 Å². The van der Waals surface area contributed by atoms with Gasteiger partial charge in [0.1, 0.15) is 0 Å². The molecule has 22 heavy (non-hydrogen) atoms. The fourth-order valence-electron chi connectivity index (χ4n) is 2.80. The summed E-state index contributed by atoms with van der Waals surface area (Å²) in [6, 6.07) is 9.84. The second kappa shape index (κ2) is 7.02. The zero-order chi connectivity index (χ0) is 15.0. The molecular formula is C16H18BrClN2OS. The number of hydrogen-bond acceptors (Lipinski definition) is 3. The molecule has 0 aliphatic carbocycles. The van der Waals surface area contributed by atoms with E-state index in [1.807, 2.05) is 42.2 Å². The molecule has 1 aromatic heterocycles. The van der Waals surface area contributed by atoms with Gasteiger partial charge in [-0.25, -0.2) is 0 Å². The highest BCUT2D eigenvalue weighted by Gasteiger charge is 2.28. The van der Waals surface area contributed by atoms with Gasteiger partial charge in [0.25, 0.3) is 0 Å². The predicted molar refractivity (Wildman–Crippen MR) is 99.2 cm³/mol. The summed E-state index contributed by atoms with van der Waals surface area (Å²) in [6.07, 6.45) is 1.92. The van der Waals surface area contributed by atoms with Crippen molar-refractivity contribution in [1.82, 2.24) is 0 Å². The fraction of sp³-hybridized carbons (Fsp3) is 0.312. The van der Waals surface area contributed by atoms with E-state index in [9.17, 15) is 4.79 Å². The van der Waals surface area contributed by atoms with Crippen LogP contribution in [-0.4, -0.2) is 12.5 Å². The van der Waals surface area contributed by atoms with Crippen molar-refractivity contribution in [2.75, 3.05) is 17.2 Å². The molecule has 1 amide bonds. The minimum Gasteiger partial charge on any atom is -0.398 e. The first-order valence-corrected chi connectivity index (χ1v) is 8.63. The lowest BCUT2D eigenvalue weighted by Crippen LogP contribution is -2.38. The van der Waals surface area contributed by atoms with E-state index >= 15 is 0 Å². The monoisotopic (exact) mass is 400 g/mol. The maximum atomic E-state index is 12.9. The number of hydrogen-bond donors (Lipinski definition) is 1. The number of amides is 1. The van der Waals surface area contributed by atoms with Crippen molar-refractivity contribution in [3.8, 4) is 0 Å². The number of fused-ring (bicyclic) bond motifs is 1. The summed E-state index contributed by atoms with van der Waals surface area (Å²) >= 11 is 5.08. The summed E-state index contributed by atoms with van der Waals surface area (Å²) in [5, 5.41) is 0. The number of carbonyl (C=O) groups excluding carboxylic acids is 1. The van der Waals surface area contributed by atoms with Gasteiger partial charge in [-0.1, -0.05) is 6.07 Å². The maximum absolute atomic E-state index is 12.9. The number of anilines is 2. The Morgan fingerprint density at radius 3 is 2.82 bits per heavy atom. The van der Waals surface area contributed by atoms with Gasteiger partial charge >= 0.3 is 0 Å². The molecule has 0 radical (unpaired) electrons. The molecule has 0 spiro atoms. The number of halogens is 2. The van der Waals surface area contributed by atoms with Crippen molar-refractivity contribution >= 4 is 57.0 Å². The third-order valence-electron chi connectivity index (χ3n) is 3.94. The van der Waals surface area contributed by atoms with Crippen LogP contribution in [0.2, 0.25) is 0 Å². The summed E-state index contributed by atoms with van der Waals surface area (Å²) in [5.41, 5.74) is 8.93. The zero-order valence-electron chi connectivity index (χ0n) is 12.2. The summed E-state index contributed by atoms with van der Waals surface area (Å²) in [7, 11) is 0. The Kier molecular flexibility index (Phi) is 5.53. The second-order valence-electron chi connectivity index (χ2n) is 5.30. The van der Waals surface area contributed by atoms with Crippen LogP contribution in [0.4, 0.5) is 11.4 Å². The number of carbonyl (C=O) groups is 1. The standard InChI is InChI=1S/C16H17BrN2OS.ClH/c1-10(14-7-8-15(17)21-14)16(20)19-9-3-4-11-12(18)5-2-6-13(11)19;/h2,5-8,10H,3-4,9,18H2,1H3;1H. The number of rotatable bonds is 2. The van der Waals surface area contributed by atoms with Gasteiger partial charge in [-0.2, -0.15) is 0 Å². The van der Waals surface area contributed by atoms with Gasteiger partial charge in [-0.3, -0.25) is 4.79 Å². The van der Waals surface area contributed by atoms with E-state index < -0.39 is 0 Å². The van der Waals surface area contributed by atoms with Gasteiger partial charge in [-0.15, -0.1) is 23.7 Å². The lowest BCUT2D eigenvalue weighted by molar-refractivity contribution is -0.119. The molecule has 0 fully saturated rings. The minimum absolute atomic E-state index is 0. The molecule has 2 aromatic rings. The Bertz CT molecular complexity index is 689. The topological polar surface area (TPSA) is 46.3 Å². The molecule has 0 saturated heterocycles. The number of benzene rings is 1. The summed E-state index contributed by atoms with van der Waals surface area (Å²) in [4.78, 5) is 15.8. The van der Waals surface area contributed by atoms with Gasteiger partial charge in [0.2, 0.25) is 5.91 Å². The molecule has 3 rings (SSSR count). The van der Waals surface area contributed by atoms with Gasteiger partial charge in [0.15, 0.2) is 0 Å². The highest BCUT2D eigenvalue weighted by Crippen LogP contribution is 2.35. The van der Waals surface area contributed by atoms with E-state index in [0.29, 0.717) is 0 Å². The average molecular weight is 402 g/mol. The van der Waals surface area contributed by atoms with Crippen molar-refractivity contribution in [2.24, 2.45) is 0 Å². The van der Waals surface area contributed by atoms with Crippen molar-refractivity contribution in [3.05, 3.63) is 44.6 Å². The molecule has 2 N–H and O–H groups in total. The molecule has 0 bridgehead atoms. The van der Waals surface area contributed by atoms with E-state index in [0.717, 1.165) is 45.0 Å². The van der Waals surface area contributed by atoms with Crippen molar-refractivity contribution in [1.29, 1.82) is 0 Å². The average Bonchev–Trinajstić information content (AvgIpc) is 2.92. The normalized spacial score (nSPS) is 14.9. The molecule has 1 aliphatic heterocycles. The quantitative estimate of drug-likeness (QED) is 0.748. The van der Waals surface area contributed by atoms with E-state index in [-0.39, 0.29) is 24.2 Å². The molecule has 1 atom stereocenters. The van der Waals surface area contributed by atoms with E-state index in [1.165, 1.54) is 0 Å². The molecule has 1 aromatic carbocycles. The number of nitrogens with zero attached hydrogens (tertiary/aromatic N) is 1. The van der Waals surface area contributed by atoms with Crippen LogP contribution in [0.3, 0.4) is 0 Å². The van der Waals surface area contributed by atoms with Crippen LogP contribution >= 0.6 is 39.7 Å². The Labute approximate surface area is 149 Å². The molecule has 118 valence electrons. The van der Waals surface area contributed by atoms with Crippen molar-refractivity contribution < 1.29 is 4.79 Å². The first-order valence-electron chi connectivity index (χ1n) is 7.02. The summed E-state index contributed by atoms with van der Waals surface area (Å²) in [6.45, 7) is 2.74. The third kappa shape index (κ3) is 3.16. The Hall–Kier alpha value is -1.04. The van der Waals surface area contributed by atoms with Crippen molar-refractivity contribution in [2.45, 2.75) is 25.7 Å². The summed E-state index contributed by atoms with van der Waals surface area (Å²) < 4.78 is 1.06.